The van der Waals surface area contributed by atoms with E-state index in [1.54, 1.807) is 0 Å². The molecule has 0 saturated carbocycles. The molecule has 0 aromatic carbocycles. The Morgan fingerprint density at radius 2 is 2.00 bits per heavy atom. The first-order valence-corrected chi connectivity index (χ1v) is 4.71. The Hall–Kier alpha value is 0.220. The minimum atomic E-state index is 1.16. The van der Waals surface area contributed by atoms with Gasteiger partial charge in [-0.25, -0.2) is 0 Å². The van der Waals surface area contributed by atoms with Gasteiger partial charge in [0, 0.05) is 5.33 Å². The smallest absolute Gasteiger partial charge is 0.00313 e. The molecule has 0 bridgehead atoms. The van der Waals surface area contributed by atoms with E-state index < -0.39 is 0 Å². The first-order chi connectivity index (χ1) is 4.41. The van der Waals surface area contributed by atoms with Gasteiger partial charge in [-0.2, -0.15) is 0 Å². The Balaban J connectivity index is 2.75. The molecule has 0 aliphatic rings. The molecule has 0 radical (unpaired) electrons. The second kappa shape index (κ2) is 8.22. The van der Waals surface area contributed by atoms with Crippen LogP contribution in [0, 0.1) is 0 Å². The first kappa shape index (κ1) is 9.22. The number of allylic oxidation sites excluding steroid dienone is 2. The minimum absolute atomic E-state index is 1.16. The van der Waals surface area contributed by atoms with Crippen LogP contribution in [-0.2, 0) is 0 Å². The van der Waals surface area contributed by atoms with Crippen molar-refractivity contribution in [3.05, 3.63) is 12.2 Å². The number of hydrogen-bond acceptors (Lipinski definition) is 0. The minimum Gasteiger partial charge on any atom is -0.0928 e. The summed E-state index contributed by atoms with van der Waals surface area (Å²) in [6, 6.07) is 0. The van der Waals surface area contributed by atoms with E-state index >= 15 is 0 Å². The van der Waals surface area contributed by atoms with Crippen LogP contribution >= 0.6 is 15.9 Å². The molecule has 0 aromatic heterocycles. The summed E-state index contributed by atoms with van der Waals surface area (Å²) in [7, 11) is 0. The fourth-order valence-electron chi connectivity index (χ4n) is 0.700. The van der Waals surface area contributed by atoms with Gasteiger partial charge in [-0.1, -0.05) is 34.5 Å². The lowest BCUT2D eigenvalue weighted by atomic mass is 10.2. The van der Waals surface area contributed by atoms with Crippen LogP contribution in [0.15, 0.2) is 12.2 Å². The van der Waals surface area contributed by atoms with Gasteiger partial charge in [0.15, 0.2) is 0 Å². The molecule has 0 aliphatic carbocycles. The maximum atomic E-state index is 3.40. The Morgan fingerprint density at radius 3 is 2.56 bits per heavy atom. The molecule has 9 heavy (non-hydrogen) atoms. The van der Waals surface area contributed by atoms with Crippen molar-refractivity contribution in [2.45, 2.75) is 32.6 Å². The molecular formula is C8H15Br. The normalized spacial score (nSPS) is 10.9. The number of rotatable bonds is 5. The van der Waals surface area contributed by atoms with Crippen LogP contribution in [0.3, 0.4) is 0 Å². The summed E-state index contributed by atoms with van der Waals surface area (Å²) in [5, 5.41) is 1.16. The van der Waals surface area contributed by atoms with E-state index in [2.05, 4.69) is 35.0 Å². The molecule has 0 heterocycles. The van der Waals surface area contributed by atoms with Crippen molar-refractivity contribution >= 4 is 15.9 Å². The lowest BCUT2D eigenvalue weighted by Gasteiger charge is -1.91. The summed E-state index contributed by atoms with van der Waals surface area (Å²) in [6.45, 7) is 2.07. The molecular weight excluding hydrogens is 176 g/mol. The fourth-order valence-corrected chi connectivity index (χ4v) is 1.10. The number of halogens is 1. The summed E-state index contributed by atoms with van der Waals surface area (Å²) in [5.41, 5.74) is 0. The van der Waals surface area contributed by atoms with Crippen LogP contribution in [0.4, 0.5) is 0 Å². The molecule has 0 aliphatic heterocycles. The average molecular weight is 191 g/mol. The number of alkyl halides is 1. The zero-order valence-electron chi connectivity index (χ0n) is 6.07. The van der Waals surface area contributed by atoms with Crippen LogP contribution in [0.2, 0.25) is 0 Å². The van der Waals surface area contributed by atoms with E-state index in [1.165, 1.54) is 25.7 Å². The van der Waals surface area contributed by atoms with Gasteiger partial charge in [0.2, 0.25) is 0 Å². The molecule has 0 N–H and O–H groups in total. The van der Waals surface area contributed by atoms with E-state index in [9.17, 15) is 0 Å². The predicted molar refractivity (Wildman–Crippen MR) is 47.1 cm³/mol. The van der Waals surface area contributed by atoms with Gasteiger partial charge in [-0.3, -0.25) is 0 Å². The van der Waals surface area contributed by atoms with Crippen molar-refractivity contribution in [1.29, 1.82) is 0 Å². The van der Waals surface area contributed by atoms with Crippen molar-refractivity contribution in [3.63, 3.8) is 0 Å². The zero-order valence-corrected chi connectivity index (χ0v) is 7.65. The van der Waals surface area contributed by atoms with Gasteiger partial charge in [0.1, 0.15) is 0 Å². The summed E-state index contributed by atoms with van der Waals surface area (Å²) in [4.78, 5) is 0. The predicted octanol–water partition coefficient (Wildman–Crippen LogP) is 3.52. The lowest BCUT2D eigenvalue weighted by Crippen LogP contribution is -1.75. The molecule has 54 valence electrons. The largest absolute Gasteiger partial charge is 0.0928 e. The maximum absolute atomic E-state index is 3.40. The molecule has 0 atom stereocenters. The molecule has 0 aromatic rings. The molecule has 0 spiro atoms. The van der Waals surface area contributed by atoms with E-state index in [-0.39, 0.29) is 0 Å². The molecule has 0 amide bonds. The topological polar surface area (TPSA) is 0 Å². The SMILES string of the molecule is C/C=C/CCCCCBr. The second-order valence-electron chi connectivity index (χ2n) is 2.11. The summed E-state index contributed by atoms with van der Waals surface area (Å²) >= 11 is 3.40. The number of hydrogen-bond donors (Lipinski definition) is 0. The molecule has 0 fully saturated rings. The standard InChI is InChI=1S/C8H15Br/c1-2-3-4-5-6-7-8-9/h2-3H,4-8H2,1H3/b3-2+. The Labute approximate surface area is 66.5 Å². The highest BCUT2D eigenvalue weighted by molar-refractivity contribution is 9.09. The highest BCUT2D eigenvalue weighted by Gasteiger charge is 1.83. The van der Waals surface area contributed by atoms with E-state index in [0.29, 0.717) is 0 Å². The van der Waals surface area contributed by atoms with Crippen LogP contribution < -0.4 is 0 Å². The first-order valence-electron chi connectivity index (χ1n) is 3.59. The van der Waals surface area contributed by atoms with Gasteiger partial charge in [-0.05, 0) is 26.2 Å². The van der Waals surface area contributed by atoms with Crippen LogP contribution in [0.25, 0.3) is 0 Å². The maximum Gasteiger partial charge on any atom is 0.00313 e. The van der Waals surface area contributed by atoms with Crippen LogP contribution in [0.5, 0.6) is 0 Å². The van der Waals surface area contributed by atoms with Crippen molar-refractivity contribution in [3.8, 4) is 0 Å². The second-order valence-corrected chi connectivity index (χ2v) is 2.90. The van der Waals surface area contributed by atoms with Gasteiger partial charge in [-0.15, -0.1) is 0 Å². The van der Waals surface area contributed by atoms with E-state index in [0.717, 1.165) is 5.33 Å². The third-order valence-electron chi connectivity index (χ3n) is 1.24. The van der Waals surface area contributed by atoms with Gasteiger partial charge >= 0.3 is 0 Å². The van der Waals surface area contributed by atoms with Crippen LogP contribution in [0.1, 0.15) is 32.6 Å². The molecule has 0 saturated heterocycles. The van der Waals surface area contributed by atoms with Crippen LogP contribution in [-0.4, -0.2) is 5.33 Å². The monoisotopic (exact) mass is 190 g/mol. The Morgan fingerprint density at radius 1 is 1.22 bits per heavy atom. The third-order valence-corrected chi connectivity index (χ3v) is 1.80. The zero-order chi connectivity index (χ0) is 6.95. The van der Waals surface area contributed by atoms with Gasteiger partial charge in [0.25, 0.3) is 0 Å². The Bertz CT molecular complexity index is 67.0. The average Bonchev–Trinajstić information content (AvgIpc) is 1.89. The van der Waals surface area contributed by atoms with Gasteiger partial charge < -0.3 is 0 Å². The molecule has 1 heteroatoms. The van der Waals surface area contributed by atoms with Crippen molar-refractivity contribution in [2.24, 2.45) is 0 Å². The van der Waals surface area contributed by atoms with Crippen molar-refractivity contribution in [2.75, 3.05) is 5.33 Å². The molecule has 0 nitrogen and oxygen atoms in total. The summed E-state index contributed by atoms with van der Waals surface area (Å²) < 4.78 is 0. The van der Waals surface area contributed by atoms with Crippen molar-refractivity contribution in [1.82, 2.24) is 0 Å². The molecule has 0 rings (SSSR count). The molecule has 0 unspecified atom stereocenters. The Kier molecular flexibility index (Phi) is 8.42. The van der Waals surface area contributed by atoms with E-state index in [4.69, 9.17) is 0 Å². The summed E-state index contributed by atoms with van der Waals surface area (Å²) in [5.74, 6) is 0. The van der Waals surface area contributed by atoms with Crippen molar-refractivity contribution < 1.29 is 0 Å². The highest BCUT2D eigenvalue weighted by Crippen LogP contribution is 2.01. The number of unbranched alkanes of at least 4 members (excludes halogenated alkanes) is 3. The third kappa shape index (κ3) is 8.22. The van der Waals surface area contributed by atoms with Gasteiger partial charge in [0.05, 0.1) is 0 Å². The highest BCUT2D eigenvalue weighted by atomic mass is 79.9. The quantitative estimate of drug-likeness (QED) is 0.354. The fraction of sp³-hybridized carbons (Fsp3) is 0.750. The summed E-state index contributed by atoms with van der Waals surface area (Å²) in [6.07, 6.45) is 9.62. The lowest BCUT2D eigenvalue weighted by molar-refractivity contribution is 0.736. The van der Waals surface area contributed by atoms with E-state index in [1.807, 2.05) is 0 Å².